The summed E-state index contributed by atoms with van der Waals surface area (Å²) in [5.74, 6) is 1.42. The molecule has 11 heavy (non-hydrogen) atoms. The molecular weight excluding hydrogens is 138 g/mol. The van der Waals surface area contributed by atoms with Gasteiger partial charge in [0.15, 0.2) is 0 Å². The second-order valence-electron chi connectivity index (χ2n) is 2.51. The van der Waals surface area contributed by atoms with Crippen LogP contribution < -0.4 is 0 Å². The lowest BCUT2D eigenvalue weighted by molar-refractivity contribution is 0.597. The molecule has 0 fully saturated rings. The highest BCUT2D eigenvalue weighted by atomic mass is 15.0. The molecular formula is C8H13N3. The largest absolute Gasteiger partial charge is 0.225 e. The van der Waals surface area contributed by atoms with E-state index in [0.717, 1.165) is 18.7 Å². The van der Waals surface area contributed by atoms with Gasteiger partial charge >= 0.3 is 0 Å². The lowest BCUT2D eigenvalue weighted by Crippen LogP contribution is -2.01. The summed E-state index contributed by atoms with van der Waals surface area (Å²) in [4.78, 5) is 12.0. The molecule has 0 amide bonds. The summed E-state index contributed by atoms with van der Waals surface area (Å²) >= 11 is 0. The van der Waals surface area contributed by atoms with Gasteiger partial charge in [-0.1, -0.05) is 13.8 Å². The van der Waals surface area contributed by atoms with Crippen molar-refractivity contribution in [3.05, 3.63) is 18.5 Å². The lowest BCUT2D eigenvalue weighted by atomic mass is 10.0. The van der Waals surface area contributed by atoms with Crippen molar-refractivity contribution in [1.82, 2.24) is 15.0 Å². The first-order valence-corrected chi connectivity index (χ1v) is 4.00. The van der Waals surface area contributed by atoms with E-state index in [2.05, 4.69) is 28.8 Å². The van der Waals surface area contributed by atoms with Gasteiger partial charge in [0.1, 0.15) is 18.5 Å². The maximum atomic E-state index is 4.10. The van der Waals surface area contributed by atoms with E-state index >= 15 is 0 Å². The number of hydrogen-bond acceptors (Lipinski definition) is 3. The molecule has 0 bridgehead atoms. The normalized spacial score (nSPS) is 10.5. The smallest absolute Gasteiger partial charge is 0.134 e. The number of nitrogens with zero attached hydrogens (tertiary/aromatic N) is 3. The molecule has 0 unspecified atom stereocenters. The number of rotatable bonds is 3. The van der Waals surface area contributed by atoms with Gasteiger partial charge in [-0.05, 0) is 12.8 Å². The predicted molar refractivity (Wildman–Crippen MR) is 43.2 cm³/mol. The minimum absolute atomic E-state index is 0.498. The third kappa shape index (κ3) is 1.97. The third-order valence-electron chi connectivity index (χ3n) is 1.86. The molecule has 0 aliphatic carbocycles. The Bertz CT molecular complexity index is 194. The molecule has 0 aromatic carbocycles. The molecule has 3 heteroatoms. The minimum Gasteiger partial charge on any atom is -0.225 e. The Balaban J connectivity index is 2.74. The Kier molecular flexibility index (Phi) is 2.95. The first-order chi connectivity index (χ1) is 5.38. The highest BCUT2D eigenvalue weighted by Crippen LogP contribution is 2.17. The van der Waals surface area contributed by atoms with Crippen LogP contribution in [-0.4, -0.2) is 15.0 Å². The zero-order valence-corrected chi connectivity index (χ0v) is 6.99. The molecule has 0 saturated carbocycles. The molecule has 60 valence electrons. The zero-order chi connectivity index (χ0) is 8.10. The molecule has 0 aliphatic heterocycles. The number of hydrogen-bond donors (Lipinski definition) is 0. The van der Waals surface area contributed by atoms with Crippen molar-refractivity contribution in [3.8, 4) is 0 Å². The Morgan fingerprint density at radius 1 is 1.18 bits per heavy atom. The van der Waals surface area contributed by atoms with Crippen LogP contribution in [0, 0.1) is 0 Å². The molecule has 0 N–H and O–H groups in total. The fourth-order valence-corrected chi connectivity index (χ4v) is 1.11. The van der Waals surface area contributed by atoms with Gasteiger partial charge < -0.3 is 0 Å². The first-order valence-electron chi connectivity index (χ1n) is 4.00. The summed E-state index contributed by atoms with van der Waals surface area (Å²) in [5, 5.41) is 0. The van der Waals surface area contributed by atoms with Crippen molar-refractivity contribution in [2.75, 3.05) is 0 Å². The summed E-state index contributed by atoms with van der Waals surface area (Å²) in [6.45, 7) is 4.30. The van der Waals surface area contributed by atoms with Gasteiger partial charge in [0.2, 0.25) is 0 Å². The van der Waals surface area contributed by atoms with Crippen molar-refractivity contribution >= 4 is 0 Å². The summed E-state index contributed by atoms with van der Waals surface area (Å²) in [6.07, 6.45) is 5.31. The number of aromatic nitrogens is 3. The van der Waals surface area contributed by atoms with Crippen LogP contribution in [-0.2, 0) is 0 Å². The summed E-state index contributed by atoms with van der Waals surface area (Å²) in [6, 6.07) is 0. The zero-order valence-electron chi connectivity index (χ0n) is 6.99. The quantitative estimate of drug-likeness (QED) is 0.661. The Hall–Kier alpha value is -0.990. The Morgan fingerprint density at radius 3 is 2.18 bits per heavy atom. The summed E-state index contributed by atoms with van der Waals surface area (Å²) in [7, 11) is 0. The maximum Gasteiger partial charge on any atom is 0.134 e. The second kappa shape index (κ2) is 4.01. The van der Waals surface area contributed by atoms with E-state index in [1.807, 2.05) is 0 Å². The molecule has 1 rings (SSSR count). The van der Waals surface area contributed by atoms with Crippen LogP contribution in [0.4, 0.5) is 0 Å². The van der Waals surface area contributed by atoms with E-state index in [1.54, 1.807) is 12.7 Å². The maximum absolute atomic E-state index is 4.10. The highest BCUT2D eigenvalue weighted by molar-refractivity contribution is 4.91. The lowest BCUT2D eigenvalue weighted by Gasteiger charge is -2.08. The van der Waals surface area contributed by atoms with E-state index in [-0.39, 0.29) is 0 Å². The SMILES string of the molecule is CCC(CC)c1ncncn1. The van der Waals surface area contributed by atoms with Crippen LogP contribution >= 0.6 is 0 Å². The van der Waals surface area contributed by atoms with E-state index in [0.29, 0.717) is 5.92 Å². The summed E-state index contributed by atoms with van der Waals surface area (Å²) in [5.41, 5.74) is 0. The molecule has 0 radical (unpaired) electrons. The average Bonchev–Trinajstić information content (AvgIpc) is 2.09. The third-order valence-corrected chi connectivity index (χ3v) is 1.86. The van der Waals surface area contributed by atoms with Crippen LogP contribution in [0.5, 0.6) is 0 Å². The highest BCUT2D eigenvalue weighted by Gasteiger charge is 2.07. The summed E-state index contributed by atoms with van der Waals surface area (Å²) < 4.78 is 0. The minimum atomic E-state index is 0.498. The van der Waals surface area contributed by atoms with Crippen molar-refractivity contribution in [2.24, 2.45) is 0 Å². The van der Waals surface area contributed by atoms with Crippen LogP contribution in [0.3, 0.4) is 0 Å². The first kappa shape index (κ1) is 8.11. The van der Waals surface area contributed by atoms with Gasteiger partial charge in [-0.3, -0.25) is 0 Å². The van der Waals surface area contributed by atoms with E-state index in [1.165, 1.54) is 0 Å². The molecule has 0 saturated heterocycles. The van der Waals surface area contributed by atoms with E-state index in [4.69, 9.17) is 0 Å². The molecule has 0 atom stereocenters. The van der Waals surface area contributed by atoms with Crippen molar-refractivity contribution < 1.29 is 0 Å². The van der Waals surface area contributed by atoms with E-state index in [9.17, 15) is 0 Å². The van der Waals surface area contributed by atoms with Gasteiger partial charge in [-0.25, -0.2) is 15.0 Å². The van der Waals surface area contributed by atoms with Crippen LogP contribution in [0.15, 0.2) is 12.7 Å². The van der Waals surface area contributed by atoms with Crippen LogP contribution in [0.1, 0.15) is 38.4 Å². The van der Waals surface area contributed by atoms with Crippen molar-refractivity contribution in [1.29, 1.82) is 0 Å². The molecule has 0 spiro atoms. The van der Waals surface area contributed by atoms with Crippen molar-refractivity contribution in [3.63, 3.8) is 0 Å². The monoisotopic (exact) mass is 151 g/mol. The molecule has 1 aromatic heterocycles. The molecule has 3 nitrogen and oxygen atoms in total. The van der Waals surface area contributed by atoms with Crippen LogP contribution in [0.2, 0.25) is 0 Å². The standard InChI is InChI=1S/C8H13N3/c1-3-7(4-2)8-10-5-9-6-11-8/h5-7H,3-4H2,1-2H3. The second-order valence-corrected chi connectivity index (χ2v) is 2.51. The Labute approximate surface area is 66.9 Å². The fourth-order valence-electron chi connectivity index (χ4n) is 1.11. The topological polar surface area (TPSA) is 38.7 Å². The molecule has 0 aliphatic rings. The fraction of sp³-hybridized carbons (Fsp3) is 0.625. The van der Waals surface area contributed by atoms with Gasteiger partial charge in [0.25, 0.3) is 0 Å². The van der Waals surface area contributed by atoms with Gasteiger partial charge in [-0.2, -0.15) is 0 Å². The van der Waals surface area contributed by atoms with Crippen molar-refractivity contribution in [2.45, 2.75) is 32.6 Å². The van der Waals surface area contributed by atoms with E-state index < -0.39 is 0 Å². The Morgan fingerprint density at radius 2 is 1.73 bits per heavy atom. The van der Waals surface area contributed by atoms with Gasteiger partial charge in [0, 0.05) is 5.92 Å². The average molecular weight is 151 g/mol. The molecule has 1 aromatic rings. The van der Waals surface area contributed by atoms with Gasteiger partial charge in [-0.15, -0.1) is 0 Å². The predicted octanol–water partition coefficient (Wildman–Crippen LogP) is 1.78. The van der Waals surface area contributed by atoms with Crippen LogP contribution in [0.25, 0.3) is 0 Å². The van der Waals surface area contributed by atoms with Gasteiger partial charge in [0.05, 0.1) is 0 Å². The molecule has 1 heterocycles.